The van der Waals surface area contributed by atoms with Gasteiger partial charge in [0.05, 0.1) is 0 Å². The Hall–Kier alpha value is -0.120. The minimum absolute atomic E-state index is 0.00321. The molecule has 3 heteroatoms. The van der Waals surface area contributed by atoms with Crippen molar-refractivity contribution in [3.8, 4) is 0 Å². The first-order valence-electron chi connectivity index (χ1n) is 14.1. The molecule has 0 saturated heterocycles. The lowest BCUT2D eigenvalue weighted by molar-refractivity contribution is 0.0382. The van der Waals surface area contributed by atoms with Gasteiger partial charge in [-0.25, -0.2) is 0 Å². The molecule has 0 spiro atoms. The van der Waals surface area contributed by atoms with E-state index in [0.717, 1.165) is 32.1 Å². The highest BCUT2D eigenvalue weighted by Gasteiger charge is 2.36. The average molecular weight is 441 g/mol. The van der Waals surface area contributed by atoms with Gasteiger partial charge in [-0.3, -0.25) is 0 Å². The monoisotopic (exact) mass is 440 g/mol. The summed E-state index contributed by atoms with van der Waals surface area (Å²) in [6, 6.07) is 0. The second-order valence-corrected chi connectivity index (χ2v) is 10.4. The molecular weight excluding hydrogens is 384 g/mol. The van der Waals surface area contributed by atoms with E-state index >= 15 is 0 Å². The average Bonchev–Trinajstić information content (AvgIpc) is 2.76. The fraction of sp³-hybridized carbons (Fsp3) is 1.00. The van der Waals surface area contributed by atoms with Crippen molar-refractivity contribution >= 4 is 0 Å². The minimum atomic E-state index is 0.00321. The van der Waals surface area contributed by atoms with Crippen molar-refractivity contribution in [3.05, 3.63) is 0 Å². The molecule has 31 heavy (non-hydrogen) atoms. The molecule has 0 heterocycles. The summed E-state index contributed by atoms with van der Waals surface area (Å²) in [7, 11) is 0. The van der Waals surface area contributed by atoms with Gasteiger partial charge in [0.2, 0.25) is 0 Å². The lowest BCUT2D eigenvalue weighted by atomic mass is 9.65. The molecule has 0 aromatic heterocycles. The Morgan fingerprint density at radius 2 is 0.806 bits per heavy atom. The van der Waals surface area contributed by atoms with Gasteiger partial charge in [0.15, 0.2) is 0 Å². The van der Waals surface area contributed by atoms with Gasteiger partial charge in [-0.2, -0.15) is 0 Å². The zero-order valence-corrected chi connectivity index (χ0v) is 20.8. The molecule has 1 rings (SSSR count). The van der Waals surface area contributed by atoms with Crippen molar-refractivity contribution in [2.75, 3.05) is 19.8 Å². The van der Waals surface area contributed by atoms with E-state index in [2.05, 4.69) is 0 Å². The number of rotatable bonds is 6. The third-order valence-electron chi connectivity index (χ3n) is 8.04. The summed E-state index contributed by atoms with van der Waals surface area (Å²) in [6.07, 6.45) is 29.1. The van der Waals surface area contributed by atoms with Crippen molar-refractivity contribution in [1.82, 2.24) is 0 Å². The molecule has 0 bridgehead atoms. The Balaban J connectivity index is 2.63. The van der Waals surface area contributed by atoms with E-state index < -0.39 is 0 Å². The molecule has 0 aromatic carbocycles. The van der Waals surface area contributed by atoms with Crippen LogP contribution in [0.2, 0.25) is 0 Å². The summed E-state index contributed by atoms with van der Waals surface area (Å²) >= 11 is 0. The minimum Gasteiger partial charge on any atom is -0.396 e. The van der Waals surface area contributed by atoms with Crippen molar-refractivity contribution in [3.63, 3.8) is 0 Å². The SMILES string of the molecule is OCCC1CCCCCCCCCCCCCCCCCCCCC1(CCO)CCO. The Morgan fingerprint density at radius 1 is 0.452 bits per heavy atom. The van der Waals surface area contributed by atoms with Crippen LogP contribution in [0.5, 0.6) is 0 Å². The van der Waals surface area contributed by atoms with Crippen LogP contribution in [0, 0.1) is 11.3 Å². The summed E-state index contributed by atoms with van der Waals surface area (Å²) < 4.78 is 0. The highest BCUT2D eigenvalue weighted by Crippen LogP contribution is 2.44. The second-order valence-electron chi connectivity index (χ2n) is 10.4. The third-order valence-corrected chi connectivity index (χ3v) is 8.04. The van der Waals surface area contributed by atoms with Crippen LogP contribution < -0.4 is 0 Å². The topological polar surface area (TPSA) is 60.7 Å². The summed E-state index contributed by atoms with van der Waals surface area (Å²) in [5.41, 5.74) is 0.00321. The molecular formula is C28H56O3. The van der Waals surface area contributed by atoms with Crippen LogP contribution in [0.4, 0.5) is 0 Å². The quantitative estimate of drug-likeness (QED) is 0.399. The van der Waals surface area contributed by atoms with Crippen molar-refractivity contribution in [2.45, 2.75) is 148 Å². The van der Waals surface area contributed by atoms with Gasteiger partial charge < -0.3 is 15.3 Å². The van der Waals surface area contributed by atoms with E-state index in [9.17, 15) is 15.3 Å². The summed E-state index contributed by atoms with van der Waals surface area (Å²) in [4.78, 5) is 0. The predicted octanol–water partition coefficient (Wildman–Crippen LogP) is 7.55. The first-order chi connectivity index (χ1) is 15.3. The van der Waals surface area contributed by atoms with Crippen LogP contribution in [0.3, 0.4) is 0 Å². The van der Waals surface area contributed by atoms with Gasteiger partial charge in [0, 0.05) is 19.8 Å². The first-order valence-corrected chi connectivity index (χ1v) is 14.1. The molecule has 0 aliphatic heterocycles. The van der Waals surface area contributed by atoms with Crippen LogP contribution in [0.1, 0.15) is 148 Å². The smallest absolute Gasteiger partial charge is 0.0436 e. The Morgan fingerprint density at radius 3 is 1.16 bits per heavy atom. The number of hydrogen-bond acceptors (Lipinski definition) is 3. The van der Waals surface area contributed by atoms with E-state index in [0.29, 0.717) is 5.92 Å². The maximum atomic E-state index is 9.84. The van der Waals surface area contributed by atoms with Crippen molar-refractivity contribution < 1.29 is 15.3 Å². The molecule has 3 nitrogen and oxygen atoms in total. The fourth-order valence-electron chi connectivity index (χ4n) is 6.04. The summed E-state index contributed by atoms with van der Waals surface area (Å²) in [5, 5.41) is 29.4. The molecule has 3 N–H and O–H groups in total. The van der Waals surface area contributed by atoms with Crippen LogP contribution in [0.15, 0.2) is 0 Å². The van der Waals surface area contributed by atoms with Crippen molar-refractivity contribution in [1.29, 1.82) is 0 Å². The Kier molecular flexibility index (Phi) is 19.1. The van der Waals surface area contributed by atoms with E-state index in [4.69, 9.17) is 0 Å². The molecule has 0 amide bonds. The molecule has 1 fully saturated rings. The molecule has 0 radical (unpaired) electrons. The summed E-state index contributed by atoms with van der Waals surface area (Å²) in [5.74, 6) is 0.426. The zero-order chi connectivity index (χ0) is 22.5. The summed E-state index contributed by atoms with van der Waals surface area (Å²) in [6.45, 7) is 0.618. The van der Waals surface area contributed by atoms with Gasteiger partial charge in [-0.15, -0.1) is 0 Å². The van der Waals surface area contributed by atoms with Crippen LogP contribution in [-0.4, -0.2) is 35.1 Å². The molecule has 1 atom stereocenters. The third kappa shape index (κ3) is 13.9. The van der Waals surface area contributed by atoms with Gasteiger partial charge in [-0.1, -0.05) is 116 Å². The van der Waals surface area contributed by atoms with Crippen LogP contribution >= 0.6 is 0 Å². The van der Waals surface area contributed by atoms with E-state index in [-0.39, 0.29) is 25.2 Å². The van der Waals surface area contributed by atoms with E-state index in [1.165, 1.54) is 116 Å². The van der Waals surface area contributed by atoms with Gasteiger partial charge in [0.1, 0.15) is 0 Å². The molecule has 1 unspecified atom stereocenters. The normalized spacial score (nSPS) is 24.7. The van der Waals surface area contributed by atoms with Gasteiger partial charge >= 0.3 is 0 Å². The molecule has 0 aromatic rings. The predicted molar refractivity (Wildman–Crippen MR) is 133 cm³/mol. The lowest BCUT2D eigenvalue weighted by Crippen LogP contribution is -2.34. The maximum absolute atomic E-state index is 9.84. The Bertz CT molecular complexity index is 365. The first kappa shape index (κ1) is 28.9. The molecule has 1 aliphatic carbocycles. The lowest BCUT2D eigenvalue weighted by Gasteiger charge is -2.41. The highest BCUT2D eigenvalue weighted by atomic mass is 16.3. The van der Waals surface area contributed by atoms with Gasteiger partial charge in [0.25, 0.3) is 0 Å². The Labute approximate surface area is 194 Å². The largest absolute Gasteiger partial charge is 0.396 e. The fourth-order valence-corrected chi connectivity index (χ4v) is 6.04. The molecule has 1 aliphatic rings. The molecule has 1 saturated carbocycles. The zero-order valence-electron chi connectivity index (χ0n) is 20.8. The number of aliphatic hydroxyl groups excluding tert-OH is 3. The van der Waals surface area contributed by atoms with Gasteiger partial charge in [-0.05, 0) is 43.4 Å². The van der Waals surface area contributed by atoms with Crippen molar-refractivity contribution in [2.24, 2.45) is 11.3 Å². The standard InChI is InChI=1S/C28H56O3/c29-24-20-27-19-17-15-13-11-9-7-5-3-1-2-4-6-8-10-12-14-16-18-21-28(27,22-25-30)23-26-31/h27,29-31H,1-26H2. The second kappa shape index (κ2) is 20.5. The van der Waals surface area contributed by atoms with Crippen LogP contribution in [-0.2, 0) is 0 Å². The number of hydrogen-bond donors (Lipinski definition) is 3. The van der Waals surface area contributed by atoms with E-state index in [1.807, 2.05) is 0 Å². The maximum Gasteiger partial charge on any atom is 0.0436 e. The highest BCUT2D eigenvalue weighted by molar-refractivity contribution is 4.86. The van der Waals surface area contributed by atoms with Crippen LogP contribution in [0.25, 0.3) is 0 Å². The number of aliphatic hydroxyl groups is 3. The molecule has 186 valence electrons. The van der Waals surface area contributed by atoms with E-state index in [1.54, 1.807) is 0 Å².